The van der Waals surface area contributed by atoms with Crippen molar-refractivity contribution in [2.45, 2.75) is 70.7 Å². The van der Waals surface area contributed by atoms with Crippen molar-refractivity contribution in [1.29, 1.82) is 5.26 Å². The number of carbonyl (C=O) groups excluding carboxylic acids is 1. The lowest BCUT2D eigenvalue weighted by molar-refractivity contribution is -0.222. The maximum absolute atomic E-state index is 12.4. The van der Waals surface area contributed by atoms with E-state index in [4.69, 9.17) is 14.7 Å². The molecular formula is C26H30N2O3. The first kappa shape index (κ1) is 21.4. The molecule has 31 heavy (non-hydrogen) atoms. The summed E-state index contributed by atoms with van der Waals surface area (Å²) in [7, 11) is 0. The van der Waals surface area contributed by atoms with Gasteiger partial charge in [0.05, 0.1) is 18.2 Å². The molecule has 5 heteroatoms. The Balaban J connectivity index is 0.000000407. The molecule has 1 amide bonds. The molecule has 5 nitrogen and oxygen atoms in total. The molecule has 2 saturated carbocycles. The van der Waals surface area contributed by atoms with E-state index in [-0.39, 0.29) is 5.91 Å². The van der Waals surface area contributed by atoms with Crippen LogP contribution in [-0.2, 0) is 11.3 Å². The molecule has 2 aromatic carbocycles. The average Bonchev–Trinajstić information content (AvgIpc) is 2.79. The van der Waals surface area contributed by atoms with Crippen LogP contribution in [-0.4, -0.2) is 11.7 Å². The van der Waals surface area contributed by atoms with E-state index in [0.29, 0.717) is 23.4 Å². The van der Waals surface area contributed by atoms with E-state index < -0.39 is 5.79 Å². The van der Waals surface area contributed by atoms with Crippen molar-refractivity contribution in [3.05, 3.63) is 59.2 Å². The maximum atomic E-state index is 12.4. The zero-order valence-electron chi connectivity index (χ0n) is 18.2. The number of nitriles is 1. The number of anilines is 1. The standard InChI is InChI=1S/C21H20N2O3.C5H10/c22-13-15-4-6-16(7-5-15)20(24)23-18-8-9-19-17(12-18)14-25-21(26-19)10-2-1-3-11-21;1-5-3-2-4-5/h4-9,12H,1-3,10-11,14H2,(H,23,24);5H,2-4H2,1H3. The lowest BCUT2D eigenvalue weighted by atomic mass is 9.88. The largest absolute Gasteiger partial charge is 0.462 e. The summed E-state index contributed by atoms with van der Waals surface area (Å²) < 4.78 is 12.2. The maximum Gasteiger partial charge on any atom is 0.255 e. The molecule has 0 aromatic heterocycles. The van der Waals surface area contributed by atoms with Gasteiger partial charge in [0.25, 0.3) is 5.91 Å². The third kappa shape index (κ3) is 5.26. The lowest BCUT2D eigenvalue weighted by Crippen LogP contribution is -2.43. The van der Waals surface area contributed by atoms with Crippen LogP contribution >= 0.6 is 0 Å². The highest BCUT2D eigenvalue weighted by Gasteiger charge is 2.38. The molecule has 0 radical (unpaired) electrons. The van der Waals surface area contributed by atoms with E-state index in [1.165, 1.54) is 25.7 Å². The second-order valence-electron chi connectivity index (χ2n) is 8.86. The van der Waals surface area contributed by atoms with Gasteiger partial charge in [-0.05, 0) is 61.2 Å². The van der Waals surface area contributed by atoms with Crippen molar-refractivity contribution < 1.29 is 14.3 Å². The highest BCUT2D eigenvalue weighted by molar-refractivity contribution is 6.04. The fraction of sp³-hybridized carbons (Fsp3) is 0.462. The Hall–Kier alpha value is -2.84. The molecule has 2 aromatic rings. The zero-order valence-corrected chi connectivity index (χ0v) is 18.2. The number of carbonyl (C=O) groups is 1. The molecule has 1 aliphatic heterocycles. The van der Waals surface area contributed by atoms with Gasteiger partial charge >= 0.3 is 0 Å². The SMILES string of the molecule is CC1CCC1.N#Cc1ccc(C(=O)Nc2ccc3c(c2)COC2(CCCCC2)O3)cc1. The molecular weight excluding hydrogens is 388 g/mol. The monoisotopic (exact) mass is 418 g/mol. The average molecular weight is 419 g/mol. The van der Waals surface area contributed by atoms with Crippen LogP contribution in [0.15, 0.2) is 42.5 Å². The number of benzene rings is 2. The Labute approximate surface area is 184 Å². The van der Waals surface area contributed by atoms with Gasteiger partial charge in [0, 0.05) is 29.7 Å². The van der Waals surface area contributed by atoms with Gasteiger partial charge in [-0.15, -0.1) is 0 Å². The number of fused-ring (bicyclic) bond motifs is 1. The summed E-state index contributed by atoms with van der Waals surface area (Å²) in [5.41, 5.74) is 2.68. The summed E-state index contributed by atoms with van der Waals surface area (Å²) >= 11 is 0. The summed E-state index contributed by atoms with van der Waals surface area (Å²) in [6.45, 7) is 2.80. The van der Waals surface area contributed by atoms with Gasteiger partial charge in [0.2, 0.25) is 5.79 Å². The van der Waals surface area contributed by atoms with Crippen LogP contribution in [0.25, 0.3) is 0 Å². The number of rotatable bonds is 2. The van der Waals surface area contributed by atoms with Gasteiger partial charge in [-0.2, -0.15) is 5.26 Å². The van der Waals surface area contributed by atoms with Crippen LogP contribution in [0.1, 0.15) is 79.8 Å². The highest BCUT2D eigenvalue weighted by atomic mass is 16.7. The molecule has 162 valence electrons. The van der Waals surface area contributed by atoms with E-state index >= 15 is 0 Å². The predicted molar refractivity (Wildman–Crippen MR) is 120 cm³/mol. The van der Waals surface area contributed by atoms with E-state index in [0.717, 1.165) is 42.9 Å². The molecule has 0 saturated heterocycles. The van der Waals surface area contributed by atoms with Crippen LogP contribution in [0, 0.1) is 17.2 Å². The second kappa shape index (κ2) is 9.53. The van der Waals surface area contributed by atoms with Gasteiger partial charge in [-0.1, -0.05) is 32.6 Å². The highest BCUT2D eigenvalue weighted by Crippen LogP contribution is 2.40. The lowest BCUT2D eigenvalue weighted by Gasteiger charge is -2.41. The minimum atomic E-state index is -0.460. The third-order valence-electron chi connectivity index (χ3n) is 6.39. The zero-order chi connectivity index (χ0) is 21.7. The van der Waals surface area contributed by atoms with E-state index in [1.54, 1.807) is 24.3 Å². The number of hydrogen-bond acceptors (Lipinski definition) is 4. The topological polar surface area (TPSA) is 71.4 Å². The minimum Gasteiger partial charge on any atom is -0.462 e. The van der Waals surface area contributed by atoms with E-state index in [1.807, 2.05) is 24.3 Å². The fourth-order valence-corrected chi connectivity index (χ4v) is 4.16. The minimum absolute atomic E-state index is 0.212. The van der Waals surface area contributed by atoms with Gasteiger partial charge < -0.3 is 14.8 Å². The number of amides is 1. The normalized spacial score (nSPS) is 19.0. The molecule has 0 unspecified atom stereocenters. The molecule has 3 aliphatic rings. The Bertz CT molecular complexity index is 952. The van der Waals surface area contributed by atoms with Crippen LogP contribution < -0.4 is 10.1 Å². The number of nitrogens with zero attached hydrogens (tertiary/aromatic N) is 1. The van der Waals surface area contributed by atoms with Gasteiger partial charge in [-0.25, -0.2) is 0 Å². The molecule has 0 atom stereocenters. The van der Waals surface area contributed by atoms with Crippen LogP contribution in [0.2, 0.25) is 0 Å². The first-order valence-corrected chi connectivity index (χ1v) is 11.3. The molecule has 1 heterocycles. The first-order valence-electron chi connectivity index (χ1n) is 11.3. The van der Waals surface area contributed by atoms with Gasteiger partial charge in [0.15, 0.2) is 0 Å². The van der Waals surface area contributed by atoms with Gasteiger partial charge in [0.1, 0.15) is 5.75 Å². The predicted octanol–water partition coefficient (Wildman–Crippen LogP) is 6.19. The number of hydrogen-bond donors (Lipinski definition) is 1. The molecule has 0 bridgehead atoms. The van der Waals surface area contributed by atoms with E-state index in [9.17, 15) is 4.79 Å². The molecule has 1 N–H and O–H groups in total. The van der Waals surface area contributed by atoms with Crippen LogP contribution in [0.3, 0.4) is 0 Å². The first-order chi connectivity index (χ1) is 15.1. The Morgan fingerprint density at radius 1 is 1.06 bits per heavy atom. The van der Waals surface area contributed by atoms with Gasteiger partial charge in [-0.3, -0.25) is 4.79 Å². The number of nitrogens with one attached hydrogen (secondary N) is 1. The summed E-state index contributed by atoms with van der Waals surface area (Å²) in [6.07, 6.45) is 9.83. The second-order valence-corrected chi connectivity index (χ2v) is 8.86. The molecule has 2 aliphatic carbocycles. The van der Waals surface area contributed by atoms with Crippen molar-refractivity contribution in [3.8, 4) is 11.8 Å². The summed E-state index contributed by atoms with van der Waals surface area (Å²) in [6, 6.07) is 14.2. The summed E-state index contributed by atoms with van der Waals surface area (Å²) in [5.74, 6) is 1.23. The van der Waals surface area contributed by atoms with Crippen molar-refractivity contribution in [1.82, 2.24) is 0 Å². The Morgan fingerprint density at radius 2 is 1.77 bits per heavy atom. The fourth-order valence-electron chi connectivity index (χ4n) is 4.16. The third-order valence-corrected chi connectivity index (χ3v) is 6.39. The van der Waals surface area contributed by atoms with Crippen LogP contribution in [0.5, 0.6) is 5.75 Å². The Kier molecular flexibility index (Phi) is 6.58. The van der Waals surface area contributed by atoms with Crippen LogP contribution in [0.4, 0.5) is 5.69 Å². The molecule has 2 fully saturated rings. The summed E-state index contributed by atoms with van der Waals surface area (Å²) in [5, 5.41) is 11.7. The van der Waals surface area contributed by atoms with Crippen molar-refractivity contribution in [2.24, 2.45) is 5.92 Å². The quantitative estimate of drug-likeness (QED) is 0.631. The van der Waals surface area contributed by atoms with E-state index in [2.05, 4.69) is 12.2 Å². The summed E-state index contributed by atoms with van der Waals surface area (Å²) in [4.78, 5) is 12.4. The van der Waals surface area contributed by atoms with Crippen molar-refractivity contribution in [2.75, 3.05) is 5.32 Å². The smallest absolute Gasteiger partial charge is 0.255 e. The molecule has 5 rings (SSSR count). The van der Waals surface area contributed by atoms with Crippen molar-refractivity contribution in [3.63, 3.8) is 0 Å². The number of ether oxygens (including phenoxy) is 2. The Morgan fingerprint density at radius 3 is 2.39 bits per heavy atom. The van der Waals surface area contributed by atoms with Crippen molar-refractivity contribution >= 4 is 11.6 Å². The molecule has 1 spiro atoms.